The molecule has 0 unspecified atom stereocenters. The number of halogens is 2. The third-order valence-corrected chi connectivity index (χ3v) is 4.89. The zero-order valence-corrected chi connectivity index (χ0v) is 14.3. The summed E-state index contributed by atoms with van der Waals surface area (Å²) in [5, 5.41) is 7.10. The van der Waals surface area contributed by atoms with E-state index in [4.69, 9.17) is 11.6 Å². The van der Waals surface area contributed by atoms with E-state index in [-0.39, 0.29) is 11.4 Å². The molecule has 0 atom stereocenters. The Hall–Kier alpha value is -0.970. The molecule has 0 aliphatic heterocycles. The van der Waals surface area contributed by atoms with E-state index in [1.165, 1.54) is 12.1 Å². The maximum absolute atomic E-state index is 13.2. The second-order valence-electron chi connectivity index (χ2n) is 5.93. The van der Waals surface area contributed by atoms with Crippen molar-refractivity contribution in [3.05, 3.63) is 50.7 Å². The predicted molar refractivity (Wildman–Crippen MR) is 87.5 cm³/mol. The Labute approximate surface area is 134 Å². The van der Waals surface area contributed by atoms with Crippen molar-refractivity contribution in [3.8, 4) is 0 Å². The number of benzene rings is 1. The molecule has 1 aromatic carbocycles. The molecule has 1 aromatic heterocycles. The van der Waals surface area contributed by atoms with Crippen molar-refractivity contribution in [3.63, 3.8) is 0 Å². The summed E-state index contributed by atoms with van der Waals surface area (Å²) in [7, 11) is 0. The Morgan fingerprint density at radius 2 is 2.10 bits per heavy atom. The van der Waals surface area contributed by atoms with Gasteiger partial charge in [-0.25, -0.2) is 9.37 Å². The first kappa shape index (κ1) is 16.4. The van der Waals surface area contributed by atoms with Crippen LogP contribution in [-0.2, 0) is 12.1 Å². The fourth-order valence-electron chi connectivity index (χ4n) is 2.07. The molecular weight excluding hydrogens is 307 g/mol. The summed E-state index contributed by atoms with van der Waals surface area (Å²) in [5.74, 6) is 0.129. The fraction of sp³-hybridized carbons (Fsp3) is 0.438. The summed E-state index contributed by atoms with van der Waals surface area (Å²) < 4.78 is 13.2. The average molecular weight is 327 g/mol. The van der Waals surface area contributed by atoms with Crippen molar-refractivity contribution in [1.82, 2.24) is 10.3 Å². The highest BCUT2D eigenvalue weighted by Gasteiger charge is 2.23. The van der Waals surface area contributed by atoms with Crippen molar-refractivity contribution in [1.29, 1.82) is 0 Å². The Morgan fingerprint density at radius 1 is 1.38 bits per heavy atom. The summed E-state index contributed by atoms with van der Waals surface area (Å²) in [4.78, 5) is 4.61. The quantitative estimate of drug-likeness (QED) is 0.828. The van der Waals surface area contributed by atoms with Crippen LogP contribution >= 0.6 is 22.9 Å². The Bertz CT molecular complexity index is 622. The summed E-state index contributed by atoms with van der Waals surface area (Å²) in [6.45, 7) is 8.99. The number of hydrogen-bond acceptors (Lipinski definition) is 3. The lowest BCUT2D eigenvalue weighted by molar-refractivity contribution is 0.398. The van der Waals surface area contributed by atoms with Crippen LogP contribution in [0.3, 0.4) is 0 Å². The number of nitrogens with zero attached hydrogens (tertiary/aromatic N) is 1. The first-order valence-electron chi connectivity index (χ1n) is 6.94. The molecule has 0 radical (unpaired) electrons. The van der Waals surface area contributed by atoms with Crippen LogP contribution in [0.4, 0.5) is 4.39 Å². The molecule has 5 heteroatoms. The lowest BCUT2D eigenvalue weighted by Crippen LogP contribution is -2.36. The molecule has 0 spiro atoms. The molecule has 0 bridgehead atoms. The molecule has 0 fully saturated rings. The van der Waals surface area contributed by atoms with Gasteiger partial charge in [0.25, 0.3) is 0 Å². The van der Waals surface area contributed by atoms with Gasteiger partial charge in [0.05, 0.1) is 10.7 Å². The van der Waals surface area contributed by atoms with E-state index in [9.17, 15) is 4.39 Å². The first-order valence-corrected chi connectivity index (χ1v) is 8.20. The lowest BCUT2D eigenvalue weighted by Gasteiger charge is -2.27. The van der Waals surface area contributed by atoms with Crippen LogP contribution < -0.4 is 5.32 Å². The SMILES string of the molecule is CC(C)c1nc(CNC(C)(C)c2ccc(F)cc2Cl)cs1. The number of nitrogens with one attached hydrogen (secondary N) is 1. The van der Waals surface area contributed by atoms with Crippen LogP contribution in [0.25, 0.3) is 0 Å². The van der Waals surface area contributed by atoms with Crippen LogP contribution in [0.15, 0.2) is 23.6 Å². The van der Waals surface area contributed by atoms with E-state index >= 15 is 0 Å². The molecule has 0 aliphatic carbocycles. The number of aromatic nitrogens is 1. The van der Waals surface area contributed by atoms with Crippen LogP contribution in [0, 0.1) is 5.82 Å². The molecule has 0 saturated heterocycles. The van der Waals surface area contributed by atoms with Crippen LogP contribution in [-0.4, -0.2) is 4.98 Å². The van der Waals surface area contributed by atoms with E-state index in [0.717, 1.165) is 16.3 Å². The van der Waals surface area contributed by atoms with E-state index in [1.807, 2.05) is 13.8 Å². The van der Waals surface area contributed by atoms with Crippen molar-refractivity contribution in [2.45, 2.75) is 45.7 Å². The fourth-order valence-corrected chi connectivity index (χ4v) is 3.31. The van der Waals surface area contributed by atoms with Gasteiger partial charge >= 0.3 is 0 Å². The van der Waals surface area contributed by atoms with Crippen molar-refractivity contribution in [2.75, 3.05) is 0 Å². The highest BCUT2D eigenvalue weighted by atomic mass is 35.5. The van der Waals surface area contributed by atoms with Gasteiger partial charge in [-0.3, -0.25) is 0 Å². The largest absolute Gasteiger partial charge is 0.302 e. The first-order chi connectivity index (χ1) is 9.79. The number of rotatable bonds is 5. The molecule has 2 aromatic rings. The standard InChI is InChI=1S/C16H20ClFN2S/c1-10(2)15-20-12(9-21-15)8-19-16(3,4)13-6-5-11(18)7-14(13)17/h5-7,9-10,19H,8H2,1-4H3. The molecule has 0 aliphatic rings. The van der Waals surface area contributed by atoms with Gasteiger partial charge in [0, 0.05) is 28.4 Å². The lowest BCUT2D eigenvalue weighted by atomic mass is 9.94. The van der Waals surface area contributed by atoms with Gasteiger partial charge < -0.3 is 5.32 Å². The zero-order valence-electron chi connectivity index (χ0n) is 12.7. The minimum absolute atomic E-state index is 0.319. The van der Waals surface area contributed by atoms with E-state index in [1.54, 1.807) is 17.4 Å². The molecule has 21 heavy (non-hydrogen) atoms. The summed E-state index contributed by atoms with van der Waals surface area (Å²) in [5.41, 5.74) is 1.55. The monoisotopic (exact) mass is 326 g/mol. The van der Waals surface area contributed by atoms with Crippen molar-refractivity contribution in [2.24, 2.45) is 0 Å². The topological polar surface area (TPSA) is 24.9 Å². The van der Waals surface area contributed by atoms with Gasteiger partial charge in [-0.05, 0) is 31.5 Å². The van der Waals surface area contributed by atoms with Crippen molar-refractivity contribution >= 4 is 22.9 Å². The normalized spacial score (nSPS) is 12.1. The third-order valence-electron chi connectivity index (χ3n) is 3.38. The van der Waals surface area contributed by atoms with Crippen LogP contribution in [0.2, 0.25) is 5.02 Å². The smallest absolute Gasteiger partial charge is 0.124 e. The van der Waals surface area contributed by atoms with Gasteiger partial charge in [0.15, 0.2) is 0 Å². The van der Waals surface area contributed by atoms with E-state index in [0.29, 0.717) is 17.5 Å². The van der Waals surface area contributed by atoms with E-state index < -0.39 is 0 Å². The Kier molecular flexibility index (Phi) is 5.02. The zero-order chi connectivity index (χ0) is 15.6. The predicted octanol–water partition coefficient (Wildman–Crippen LogP) is 5.08. The number of hydrogen-bond donors (Lipinski definition) is 1. The maximum atomic E-state index is 13.2. The highest BCUT2D eigenvalue weighted by Crippen LogP contribution is 2.29. The van der Waals surface area contributed by atoms with Crippen molar-refractivity contribution < 1.29 is 4.39 Å². The molecule has 0 amide bonds. The second kappa shape index (κ2) is 6.42. The minimum Gasteiger partial charge on any atom is -0.302 e. The van der Waals surface area contributed by atoms with E-state index in [2.05, 4.69) is 29.5 Å². The Balaban J connectivity index is 2.09. The second-order valence-corrected chi connectivity index (χ2v) is 7.23. The molecule has 2 rings (SSSR count). The molecular formula is C16H20ClFN2S. The Morgan fingerprint density at radius 3 is 2.67 bits per heavy atom. The molecule has 114 valence electrons. The molecule has 1 heterocycles. The minimum atomic E-state index is -0.355. The van der Waals surface area contributed by atoms with Gasteiger partial charge in [-0.1, -0.05) is 31.5 Å². The summed E-state index contributed by atoms with van der Waals surface area (Å²) >= 11 is 7.83. The van der Waals surface area contributed by atoms with Crippen LogP contribution in [0.5, 0.6) is 0 Å². The van der Waals surface area contributed by atoms with Gasteiger partial charge in [-0.15, -0.1) is 11.3 Å². The third kappa shape index (κ3) is 4.02. The highest BCUT2D eigenvalue weighted by molar-refractivity contribution is 7.09. The maximum Gasteiger partial charge on any atom is 0.124 e. The van der Waals surface area contributed by atoms with Gasteiger partial charge in [0.1, 0.15) is 5.82 Å². The summed E-state index contributed by atoms with van der Waals surface area (Å²) in [6, 6.07) is 4.51. The molecule has 0 saturated carbocycles. The van der Waals surface area contributed by atoms with Gasteiger partial charge in [-0.2, -0.15) is 0 Å². The molecule has 2 nitrogen and oxygen atoms in total. The molecule has 1 N–H and O–H groups in total. The summed E-state index contributed by atoms with van der Waals surface area (Å²) in [6.07, 6.45) is 0. The number of thiazole rings is 1. The van der Waals surface area contributed by atoms with Crippen LogP contribution in [0.1, 0.15) is 49.9 Å². The average Bonchev–Trinajstić information content (AvgIpc) is 2.85. The van der Waals surface area contributed by atoms with Gasteiger partial charge in [0.2, 0.25) is 0 Å².